The lowest BCUT2D eigenvalue weighted by molar-refractivity contribution is -0.112. The van der Waals surface area contributed by atoms with Crippen molar-refractivity contribution in [2.75, 3.05) is 7.11 Å². The van der Waals surface area contributed by atoms with Crippen molar-refractivity contribution in [3.05, 3.63) is 35.9 Å². The maximum absolute atomic E-state index is 12.2. The molecule has 1 aromatic carbocycles. The Morgan fingerprint density at radius 1 is 1.29 bits per heavy atom. The molecule has 0 radical (unpaired) electrons. The lowest BCUT2D eigenvalue weighted by Crippen LogP contribution is -2.05. The van der Waals surface area contributed by atoms with Gasteiger partial charge in [-0.15, -0.1) is 0 Å². The van der Waals surface area contributed by atoms with Crippen LogP contribution in [-0.2, 0) is 9.45 Å². The number of rotatable bonds is 5. The van der Waals surface area contributed by atoms with Gasteiger partial charge in [0.05, 0.1) is 7.11 Å². The number of ketones is 1. The second kappa shape index (κ2) is 6.03. The van der Waals surface area contributed by atoms with Crippen LogP contribution in [0, 0.1) is 0 Å². The van der Waals surface area contributed by atoms with E-state index in [-0.39, 0.29) is 11.5 Å². The Bertz CT molecular complexity index is 415. The van der Waals surface area contributed by atoms with E-state index in [1.165, 1.54) is 26.2 Å². The monoisotopic (exact) mass is 240 g/mol. The summed E-state index contributed by atoms with van der Waals surface area (Å²) in [5.74, 6) is 0.0691. The molecule has 90 valence electrons. The van der Waals surface area contributed by atoms with Gasteiger partial charge in [0.2, 0.25) is 0 Å². The molecule has 0 bridgehead atoms. The standard InChI is InChI=1S/C11H11BF2O3/c1-8(15)7-11(17-12(13)14)9-3-5-10(16-2)6-4-9/h3-7H,1-2H3/b11-7-. The summed E-state index contributed by atoms with van der Waals surface area (Å²) in [6.45, 7) is 1.26. The molecular formula is C11H11BF2O3. The van der Waals surface area contributed by atoms with E-state index in [4.69, 9.17) is 4.74 Å². The maximum Gasteiger partial charge on any atom is 0.796 e. The number of hydrogen-bond donors (Lipinski definition) is 0. The average Bonchev–Trinajstić information content (AvgIpc) is 2.27. The van der Waals surface area contributed by atoms with Crippen LogP contribution in [0.5, 0.6) is 5.75 Å². The molecule has 0 unspecified atom stereocenters. The van der Waals surface area contributed by atoms with E-state index in [1.54, 1.807) is 12.1 Å². The number of halogens is 2. The summed E-state index contributed by atoms with van der Waals surface area (Å²) in [4.78, 5) is 10.9. The van der Waals surface area contributed by atoms with Crippen molar-refractivity contribution in [1.29, 1.82) is 0 Å². The number of hydrogen-bond acceptors (Lipinski definition) is 3. The van der Waals surface area contributed by atoms with Gasteiger partial charge in [0.25, 0.3) is 0 Å². The van der Waals surface area contributed by atoms with Gasteiger partial charge in [0, 0.05) is 11.6 Å². The lowest BCUT2D eigenvalue weighted by atomic mass is 10.1. The van der Waals surface area contributed by atoms with Crippen molar-refractivity contribution in [2.24, 2.45) is 0 Å². The molecule has 0 heterocycles. The van der Waals surface area contributed by atoms with Gasteiger partial charge in [-0.25, -0.2) is 8.63 Å². The maximum atomic E-state index is 12.2. The second-order valence-electron chi connectivity index (χ2n) is 3.23. The molecule has 0 N–H and O–H groups in total. The van der Waals surface area contributed by atoms with Gasteiger partial charge in [0.1, 0.15) is 11.5 Å². The Hall–Kier alpha value is -1.85. The Morgan fingerprint density at radius 2 is 1.88 bits per heavy atom. The Balaban J connectivity index is 3.00. The van der Waals surface area contributed by atoms with Gasteiger partial charge >= 0.3 is 7.47 Å². The normalized spacial score (nSPS) is 10.9. The van der Waals surface area contributed by atoms with Gasteiger partial charge in [-0.1, -0.05) is 0 Å². The van der Waals surface area contributed by atoms with E-state index in [9.17, 15) is 13.4 Å². The summed E-state index contributed by atoms with van der Waals surface area (Å²) >= 11 is 0. The first kappa shape index (κ1) is 13.2. The topological polar surface area (TPSA) is 35.5 Å². The first-order valence-corrected chi connectivity index (χ1v) is 4.84. The summed E-state index contributed by atoms with van der Waals surface area (Å²) in [6, 6.07) is 6.27. The van der Waals surface area contributed by atoms with Crippen LogP contribution in [0.4, 0.5) is 8.63 Å². The highest BCUT2D eigenvalue weighted by molar-refractivity contribution is 6.36. The molecule has 0 aliphatic heterocycles. The van der Waals surface area contributed by atoms with Gasteiger partial charge < -0.3 is 9.39 Å². The summed E-state index contributed by atoms with van der Waals surface area (Å²) in [5, 5.41) is 0. The van der Waals surface area contributed by atoms with E-state index < -0.39 is 7.47 Å². The number of ether oxygens (including phenoxy) is 1. The predicted molar refractivity (Wildman–Crippen MR) is 60.7 cm³/mol. The van der Waals surface area contributed by atoms with Gasteiger partial charge in [-0.3, -0.25) is 4.79 Å². The number of carbonyl (C=O) groups excluding carboxylic acids is 1. The highest BCUT2D eigenvalue weighted by atomic mass is 19.2. The third-order valence-electron chi connectivity index (χ3n) is 1.92. The minimum absolute atomic E-state index is 0.157. The molecular weight excluding hydrogens is 229 g/mol. The first-order chi connectivity index (χ1) is 8.02. The third-order valence-corrected chi connectivity index (χ3v) is 1.92. The van der Waals surface area contributed by atoms with Crippen molar-refractivity contribution >= 4 is 19.0 Å². The molecule has 3 nitrogen and oxygen atoms in total. The quantitative estimate of drug-likeness (QED) is 0.450. The molecule has 0 spiro atoms. The average molecular weight is 240 g/mol. The van der Waals surface area contributed by atoms with Crippen LogP contribution < -0.4 is 4.74 Å². The molecule has 1 rings (SSSR count). The van der Waals surface area contributed by atoms with Crippen LogP contribution >= 0.6 is 0 Å². The molecule has 0 aliphatic carbocycles. The minimum Gasteiger partial charge on any atom is -0.505 e. The molecule has 0 amide bonds. The van der Waals surface area contributed by atoms with Crippen LogP contribution in [0.25, 0.3) is 5.76 Å². The van der Waals surface area contributed by atoms with Gasteiger partial charge in [-0.05, 0) is 31.2 Å². The lowest BCUT2D eigenvalue weighted by Gasteiger charge is -2.08. The van der Waals surface area contributed by atoms with Crippen molar-refractivity contribution < 1.29 is 22.8 Å². The third kappa shape index (κ3) is 4.26. The summed E-state index contributed by atoms with van der Waals surface area (Å²) in [6.07, 6.45) is 1.02. The zero-order chi connectivity index (χ0) is 12.8. The first-order valence-electron chi connectivity index (χ1n) is 4.84. The zero-order valence-electron chi connectivity index (χ0n) is 9.44. The fourth-order valence-corrected chi connectivity index (χ4v) is 1.22. The smallest absolute Gasteiger partial charge is 0.505 e. The van der Waals surface area contributed by atoms with Crippen LogP contribution in [-0.4, -0.2) is 20.4 Å². The van der Waals surface area contributed by atoms with E-state index in [0.29, 0.717) is 11.3 Å². The number of carbonyl (C=O) groups is 1. The Labute approximate surface area is 98.2 Å². The van der Waals surface area contributed by atoms with Crippen molar-refractivity contribution in [3.8, 4) is 5.75 Å². The van der Waals surface area contributed by atoms with E-state index in [2.05, 4.69) is 4.65 Å². The highest BCUT2D eigenvalue weighted by Gasteiger charge is 2.20. The van der Waals surface area contributed by atoms with Crippen molar-refractivity contribution in [1.82, 2.24) is 0 Å². The van der Waals surface area contributed by atoms with Crippen molar-refractivity contribution in [2.45, 2.75) is 6.92 Å². The minimum atomic E-state index is -2.97. The summed E-state index contributed by atoms with van der Waals surface area (Å²) in [7, 11) is -1.47. The molecule has 0 saturated heterocycles. The fourth-order valence-electron chi connectivity index (χ4n) is 1.22. The molecule has 0 aromatic heterocycles. The van der Waals surface area contributed by atoms with E-state index in [1.807, 2.05) is 0 Å². The second-order valence-corrected chi connectivity index (χ2v) is 3.23. The van der Waals surface area contributed by atoms with Gasteiger partial charge in [0.15, 0.2) is 5.78 Å². The largest absolute Gasteiger partial charge is 0.796 e. The van der Waals surface area contributed by atoms with Crippen LogP contribution in [0.1, 0.15) is 12.5 Å². The molecule has 0 atom stereocenters. The molecule has 0 fully saturated rings. The van der Waals surface area contributed by atoms with E-state index >= 15 is 0 Å². The SMILES string of the molecule is COc1ccc(/C(=C/C(C)=O)OB(F)F)cc1. The molecule has 6 heteroatoms. The van der Waals surface area contributed by atoms with Crippen LogP contribution in [0.2, 0.25) is 0 Å². The number of methoxy groups -OCH3 is 1. The molecule has 1 aromatic rings. The summed E-state index contributed by atoms with van der Waals surface area (Å²) < 4.78 is 33.6. The van der Waals surface area contributed by atoms with E-state index in [0.717, 1.165) is 6.08 Å². The van der Waals surface area contributed by atoms with Crippen LogP contribution in [0.3, 0.4) is 0 Å². The van der Waals surface area contributed by atoms with Crippen molar-refractivity contribution in [3.63, 3.8) is 0 Å². The Kier molecular flexibility index (Phi) is 4.69. The number of benzene rings is 1. The molecule has 0 saturated carbocycles. The molecule has 17 heavy (non-hydrogen) atoms. The zero-order valence-corrected chi connectivity index (χ0v) is 9.44. The predicted octanol–water partition coefficient (Wildman–Crippen LogP) is 2.57. The number of allylic oxidation sites excluding steroid dienone is 1. The van der Waals surface area contributed by atoms with Crippen LogP contribution in [0.15, 0.2) is 30.3 Å². The molecule has 0 aliphatic rings. The Morgan fingerprint density at radius 3 is 2.29 bits per heavy atom. The highest BCUT2D eigenvalue weighted by Crippen LogP contribution is 2.20. The fraction of sp³-hybridized carbons (Fsp3) is 0.182. The summed E-state index contributed by atoms with van der Waals surface area (Å²) in [5.41, 5.74) is 0.390. The van der Waals surface area contributed by atoms with Gasteiger partial charge in [-0.2, -0.15) is 0 Å².